The number of benzene rings is 1. The molecule has 0 spiro atoms. The van der Waals surface area contributed by atoms with E-state index in [0.29, 0.717) is 0 Å². The number of carbonyl (C=O) groups is 1. The van der Waals surface area contributed by atoms with E-state index >= 15 is 0 Å². The van der Waals surface area contributed by atoms with Gasteiger partial charge < -0.3 is 11.1 Å². The SMILES string of the molecule is CC(CC(C)(C)c1ccccc1)NC(=O)[C@@H](C)N. The van der Waals surface area contributed by atoms with Gasteiger partial charge in [0.25, 0.3) is 0 Å². The highest BCUT2D eigenvalue weighted by molar-refractivity contribution is 5.81. The van der Waals surface area contributed by atoms with Crippen LogP contribution in [-0.2, 0) is 10.2 Å². The lowest BCUT2D eigenvalue weighted by atomic mass is 9.79. The predicted octanol–water partition coefficient (Wildman–Crippen LogP) is 2.21. The zero-order valence-corrected chi connectivity index (χ0v) is 11.7. The number of nitrogens with one attached hydrogen (secondary N) is 1. The molecule has 1 aromatic carbocycles. The predicted molar refractivity (Wildman–Crippen MR) is 75.3 cm³/mol. The molecule has 0 saturated heterocycles. The second-order valence-electron chi connectivity index (χ2n) is 5.65. The summed E-state index contributed by atoms with van der Waals surface area (Å²) in [5.41, 5.74) is 6.86. The maximum atomic E-state index is 11.5. The number of carbonyl (C=O) groups excluding carboxylic acids is 1. The van der Waals surface area contributed by atoms with E-state index in [2.05, 4.69) is 31.3 Å². The van der Waals surface area contributed by atoms with E-state index in [4.69, 9.17) is 5.73 Å². The minimum Gasteiger partial charge on any atom is -0.352 e. The summed E-state index contributed by atoms with van der Waals surface area (Å²) in [6.07, 6.45) is 0.884. The zero-order chi connectivity index (χ0) is 13.8. The summed E-state index contributed by atoms with van der Waals surface area (Å²) in [7, 11) is 0. The molecule has 0 radical (unpaired) electrons. The first-order valence-corrected chi connectivity index (χ1v) is 6.44. The highest BCUT2D eigenvalue weighted by Gasteiger charge is 2.24. The number of amides is 1. The van der Waals surface area contributed by atoms with Gasteiger partial charge in [-0.25, -0.2) is 0 Å². The first kappa shape index (κ1) is 14.7. The molecule has 0 heterocycles. The summed E-state index contributed by atoms with van der Waals surface area (Å²) in [6, 6.07) is 10.0. The van der Waals surface area contributed by atoms with Gasteiger partial charge >= 0.3 is 0 Å². The van der Waals surface area contributed by atoms with Gasteiger partial charge in [-0.15, -0.1) is 0 Å². The Hall–Kier alpha value is -1.35. The van der Waals surface area contributed by atoms with Crippen LogP contribution in [0, 0.1) is 0 Å². The molecule has 3 heteroatoms. The molecule has 1 aromatic rings. The molecule has 0 aromatic heterocycles. The molecule has 1 amide bonds. The lowest BCUT2D eigenvalue weighted by Gasteiger charge is -2.29. The van der Waals surface area contributed by atoms with Gasteiger partial charge in [-0.2, -0.15) is 0 Å². The molecule has 18 heavy (non-hydrogen) atoms. The van der Waals surface area contributed by atoms with Crippen LogP contribution in [0.5, 0.6) is 0 Å². The summed E-state index contributed by atoms with van der Waals surface area (Å²) in [4.78, 5) is 11.5. The molecule has 0 aliphatic heterocycles. The van der Waals surface area contributed by atoms with E-state index in [1.165, 1.54) is 5.56 Å². The summed E-state index contributed by atoms with van der Waals surface area (Å²) in [5.74, 6) is -0.0913. The minimum atomic E-state index is -0.452. The summed E-state index contributed by atoms with van der Waals surface area (Å²) in [5, 5.41) is 2.94. The molecule has 0 bridgehead atoms. The van der Waals surface area contributed by atoms with Crippen LogP contribution in [-0.4, -0.2) is 18.0 Å². The maximum absolute atomic E-state index is 11.5. The Morgan fingerprint density at radius 3 is 2.33 bits per heavy atom. The van der Waals surface area contributed by atoms with E-state index in [1.807, 2.05) is 25.1 Å². The first-order valence-electron chi connectivity index (χ1n) is 6.44. The molecule has 2 atom stereocenters. The van der Waals surface area contributed by atoms with Gasteiger partial charge in [0.1, 0.15) is 0 Å². The normalized spacial score (nSPS) is 14.9. The van der Waals surface area contributed by atoms with E-state index in [0.717, 1.165) is 6.42 Å². The Kier molecular flexibility index (Phi) is 4.91. The monoisotopic (exact) mass is 248 g/mol. The van der Waals surface area contributed by atoms with Crippen LogP contribution < -0.4 is 11.1 Å². The van der Waals surface area contributed by atoms with Gasteiger partial charge in [-0.05, 0) is 31.2 Å². The maximum Gasteiger partial charge on any atom is 0.236 e. The van der Waals surface area contributed by atoms with Crippen molar-refractivity contribution in [3.8, 4) is 0 Å². The van der Waals surface area contributed by atoms with Gasteiger partial charge in [0.2, 0.25) is 5.91 Å². The van der Waals surface area contributed by atoms with Crippen molar-refractivity contribution in [1.82, 2.24) is 5.32 Å². The number of hydrogen-bond acceptors (Lipinski definition) is 2. The molecule has 1 rings (SSSR count). The standard InChI is InChI=1S/C15H24N2O/c1-11(17-14(18)12(2)16)10-15(3,4)13-8-6-5-7-9-13/h5-9,11-12H,10,16H2,1-4H3,(H,17,18)/t11?,12-/m1/s1. The Morgan fingerprint density at radius 2 is 1.83 bits per heavy atom. The average Bonchev–Trinajstić information content (AvgIpc) is 2.29. The van der Waals surface area contributed by atoms with E-state index in [-0.39, 0.29) is 17.4 Å². The molecule has 1 unspecified atom stereocenters. The van der Waals surface area contributed by atoms with Crippen LogP contribution in [0.3, 0.4) is 0 Å². The topological polar surface area (TPSA) is 55.1 Å². The largest absolute Gasteiger partial charge is 0.352 e. The van der Waals surface area contributed by atoms with Crippen molar-refractivity contribution in [2.45, 2.75) is 51.6 Å². The molecular formula is C15H24N2O. The van der Waals surface area contributed by atoms with E-state index in [9.17, 15) is 4.79 Å². The third-order valence-electron chi connectivity index (χ3n) is 3.17. The van der Waals surface area contributed by atoms with Gasteiger partial charge in [0, 0.05) is 6.04 Å². The van der Waals surface area contributed by atoms with Gasteiger partial charge in [0.05, 0.1) is 6.04 Å². The van der Waals surface area contributed by atoms with Crippen molar-refractivity contribution >= 4 is 5.91 Å². The Morgan fingerprint density at radius 1 is 1.28 bits per heavy atom. The molecule has 3 N–H and O–H groups in total. The lowest BCUT2D eigenvalue weighted by molar-refractivity contribution is -0.122. The number of nitrogens with two attached hydrogens (primary N) is 1. The molecule has 0 saturated carbocycles. The van der Waals surface area contributed by atoms with Crippen LogP contribution >= 0.6 is 0 Å². The molecule has 0 aliphatic rings. The van der Waals surface area contributed by atoms with Crippen LogP contribution in [0.1, 0.15) is 39.7 Å². The molecule has 0 aliphatic carbocycles. The van der Waals surface area contributed by atoms with Crippen molar-refractivity contribution in [2.75, 3.05) is 0 Å². The highest BCUT2D eigenvalue weighted by atomic mass is 16.2. The van der Waals surface area contributed by atoms with Crippen molar-refractivity contribution in [1.29, 1.82) is 0 Å². The zero-order valence-electron chi connectivity index (χ0n) is 11.7. The molecule has 3 nitrogen and oxygen atoms in total. The smallest absolute Gasteiger partial charge is 0.236 e. The summed E-state index contributed by atoms with van der Waals surface area (Å²) in [6.45, 7) is 8.10. The average molecular weight is 248 g/mol. The Bertz CT molecular complexity index is 385. The van der Waals surface area contributed by atoms with Crippen molar-refractivity contribution < 1.29 is 4.79 Å². The van der Waals surface area contributed by atoms with Crippen molar-refractivity contribution in [3.05, 3.63) is 35.9 Å². The second-order valence-corrected chi connectivity index (χ2v) is 5.65. The number of hydrogen-bond donors (Lipinski definition) is 2. The molecule has 0 fully saturated rings. The highest BCUT2D eigenvalue weighted by Crippen LogP contribution is 2.28. The van der Waals surface area contributed by atoms with Crippen LogP contribution in [0.2, 0.25) is 0 Å². The van der Waals surface area contributed by atoms with Crippen molar-refractivity contribution in [2.24, 2.45) is 5.73 Å². The Balaban J connectivity index is 2.63. The van der Waals surface area contributed by atoms with Crippen LogP contribution in [0.25, 0.3) is 0 Å². The van der Waals surface area contributed by atoms with Gasteiger partial charge in [-0.1, -0.05) is 44.2 Å². The first-order chi connectivity index (χ1) is 8.33. The lowest BCUT2D eigenvalue weighted by Crippen LogP contribution is -2.44. The third kappa shape index (κ3) is 4.15. The van der Waals surface area contributed by atoms with Crippen LogP contribution in [0.15, 0.2) is 30.3 Å². The minimum absolute atomic E-state index is 0.0335. The van der Waals surface area contributed by atoms with Gasteiger partial charge in [-0.3, -0.25) is 4.79 Å². The van der Waals surface area contributed by atoms with Gasteiger partial charge in [0.15, 0.2) is 0 Å². The molecule has 100 valence electrons. The van der Waals surface area contributed by atoms with E-state index in [1.54, 1.807) is 6.92 Å². The Labute approximate surface area is 110 Å². The quantitative estimate of drug-likeness (QED) is 0.839. The second kappa shape index (κ2) is 6.01. The summed E-state index contributed by atoms with van der Waals surface area (Å²) >= 11 is 0. The fourth-order valence-corrected chi connectivity index (χ4v) is 2.20. The summed E-state index contributed by atoms with van der Waals surface area (Å²) < 4.78 is 0. The third-order valence-corrected chi connectivity index (χ3v) is 3.17. The number of rotatable bonds is 5. The fourth-order valence-electron chi connectivity index (χ4n) is 2.20. The molecular weight excluding hydrogens is 224 g/mol. The van der Waals surface area contributed by atoms with Crippen molar-refractivity contribution in [3.63, 3.8) is 0 Å². The van der Waals surface area contributed by atoms with Crippen LogP contribution in [0.4, 0.5) is 0 Å². The fraction of sp³-hybridized carbons (Fsp3) is 0.533. The van der Waals surface area contributed by atoms with E-state index < -0.39 is 6.04 Å².